The van der Waals surface area contributed by atoms with Gasteiger partial charge >= 0.3 is 12.6 Å². The van der Waals surface area contributed by atoms with Crippen LogP contribution in [0.2, 0.25) is 0 Å². The smallest absolute Gasteiger partial charge is 0.387 e. The first-order valence-electron chi connectivity index (χ1n) is 7.85. The molecule has 0 spiro atoms. The predicted molar refractivity (Wildman–Crippen MR) is 91.5 cm³/mol. The van der Waals surface area contributed by atoms with Gasteiger partial charge in [0.25, 0.3) is 5.91 Å². The van der Waals surface area contributed by atoms with E-state index in [4.69, 9.17) is 0 Å². The van der Waals surface area contributed by atoms with Crippen molar-refractivity contribution in [3.05, 3.63) is 59.7 Å². The normalized spacial score (nSPS) is 19.8. The minimum atomic E-state index is -2.96. The van der Waals surface area contributed by atoms with E-state index < -0.39 is 24.1 Å². The molecule has 2 aromatic carbocycles. The third-order valence-corrected chi connectivity index (χ3v) is 4.08. The number of carbonyl (C=O) groups excluding carboxylic acids is 2. The molecule has 3 rings (SSSR count). The Bertz CT molecular complexity index is 902. The van der Waals surface area contributed by atoms with Gasteiger partial charge in [0.05, 0.1) is 6.21 Å². The van der Waals surface area contributed by atoms with Crippen molar-refractivity contribution in [2.75, 3.05) is 0 Å². The molecule has 0 saturated carbocycles. The molecule has 3 amide bonds. The lowest BCUT2D eigenvalue weighted by Crippen LogP contribution is -2.40. The molecule has 0 aliphatic carbocycles. The molecule has 2 N–H and O–H groups in total. The van der Waals surface area contributed by atoms with Crippen LogP contribution in [-0.4, -0.2) is 34.9 Å². The molecule has 1 saturated heterocycles. The molecule has 9 heteroatoms. The third-order valence-electron chi connectivity index (χ3n) is 4.08. The molecule has 1 heterocycles. The topological polar surface area (TPSA) is 91.2 Å². The second-order valence-electron chi connectivity index (χ2n) is 5.88. The Morgan fingerprint density at radius 2 is 1.85 bits per heavy atom. The highest BCUT2D eigenvalue weighted by Gasteiger charge is 2.49. The second kappa shape index (κ2) is 7.02. The summed E-state index contributed by atoms with van der Waals surface area (Å²) in [4.78, 5) is 24.9. The van der Waals surface area contributed by atoms with Crippen molar-refractivity contribution in [3.63, 3.8) is 0 Å². The van der Waals surface area contributed by atoms with E-state index in [1.807, 2.05) is 0 Å². The van der Waals surface area contributed by atoms with Crippen LogP contribution in [0.3, 0.4) is 0 Å². The lowest BCUT2D eigenvalue weighted by atomic mass is 9.92. The van der Waals surface area contributed by atoms with Crippen molar-refractivity contribution in [1.29, 1.82) is 0 Å². The van der Waals surface area contributed by atoms with Crippen LogP contribution in [0.4, 0.5) is 13.6 Å². The number of carbonyl (C=O) groups is 2. The average Bonchev–Trinajstić information content (AvgIpc) is 2.84. The summed E-state index contributed by atoms with van der Waals surface area (Å²) in [7, 11) is 0. The van der Waals surface area contributed by atoms with E-state index >= 15 is 0 Å². The zero-order chi connectivity index (χ0) is 19.6. The average molecular weight is 375 g/mol. The molecule has 0 aromatic heterocycles. The van der Waals surface area contributed by atoms with Crippen molar-refractivity contribution in [2.24, 2.45) is 5.10 Å². The molecular weight excluding hydrogens is 360 g/mol. The molecule has 1 aliphatic rings. The number of aromatic hydroxyl groups is 1. The van der Waals surface area contributed by atoms with Crippen molar-refractivity contribution in [3.8, 4) is 11.5 Å². The molecule has 27 heavy (non-hydrogen) atoms. The quantitative estimate of drug-likeness (QED) is 0.621. The van der Waals surface area contributed by atoms with Gasteiger partial charge in [0.15, 0.2) is 0 Å². The van der Waals surface area contributed by atoms with Crippen molar-refractivity contribution in [1.82, 2.24) is 10.3 Å². The highest BCUT2D eigenvalue weighted by Crippen LogP contribution is 2.30. The zero-order valence-corrected chi connectivity index (χ0v) is 14.1. The molecule has 7 nitrogen and oxygen atoms in total. The number of phenolic OH excluding ortho intramolecular Hbond substituents is 1. The molecule has 0 bridgehead atoms. The summed E-state index contributed by atoms with van der Waals surface area (Å²) < 4.78 is 28.8. The monoisotopic (exact) mass is 375 g/mol. The van der Waals surface area contributed by atoms with Crippen LogP contribution in [0.15, 0.2) is 53.6 Å². The Morgan fingerprint density at radius 3 is 2.48 bits per heavy atom. The van der Waals surface area contributed by atoms with Gasteiger partial charge in [0.1, 0.15) is 17.0 Å². The number of alkyl halides is 2. The van der Waals surface area contributed by atoms with Crippen LogP contribution in [0.5, 0.6) is 11.5 Å². The van der Waals surface area contributed by atoms with E-state index in [1.165, 1.54) is 43.5 Å². The van der Waals surface area contributed by atoms with Gasteiger partial charge in [0.2, 0.25) is 0 Å². The Balaban J connectivity index is 1.83. The number of halogens is 2. The van der Waals surface area contributed by atoms with Gasteiger partial charge in [-0.15, -0.1) is 5.01 Å². The number of hydrogen-bond acceptors (Lipinski definition) is 5. The standard InChI is InChI=1S/C18H15F2N3O4/c1-18(12-6-8-13(9-7-12)27-16(19)20)15(25)23(17(26)22-18)21-10-11-4-2-3-5-14(11)24/h2-10,16,24H,1H3,(H,22,26)/b21-10+/t18-/m1/s1. The van der Waals surface area contributed by atoms with Crippen molar-refractivity contribution < 1.29 is 28.2 Å². The molecule has 2 aromatic rings. The van der Waals surface area contributed by atoms with Gasteiger partial charge in [-0.1, -0.05) is 24.3 Å². The highest BCUT2D eigenvalue weighted by molar-refractivity contribution is 6.07. The fourth-order valence-electron chi connectivity index (χ4n) is 2.61. The minimum absolute atomic E-state index is 0.0503. The van der Waals surface area contributed by atoms with Gasteiger partial charge < -0.3 is 15.2 Å². The van der Waals surface area contributed by atoms with Gasteiger partial charge in [0, 0.05) is 5.56 Å². The minimum Gasteiger partial charge on any atom is -0.507 e. The van der Waals surface area contributed by atoms with Gasteiger partial charge in [-0.2, -0.15) is 13.9 Å². The van der Waals surface area contributed by atoms with E-state index in [2.05, 4.69) is 15.2 Å². The number of imide groups is 1. The summed E-state index contributed by atoms with van der Waals surface area (Å²) in [6.07, 6.45) is 1.19. The van der Waals surface area contributed by atoms with Crippen LogP contribution in [-0.2, 0) is 10.3 Å². The molecule has 1 aliphatic heterocycles. The van der Waals surface area contributed by atoms with Crippen LogP contribution < -0.4 is 10.1 Å². The largest absolute Gasteiger partial charge is 0.507 e. The molecule has 140 valence electrons. The van der Waals surface area contributed by atoms with E-state index in [0.717, 1.165) is 0 Å². The Labute approximate surface area is 152 Å². The predicted octanol–water partition coefficient (Wildman–Crippen LogP) is 2.79. The van der Waals surface area contributed by atoms with E-state index in [0.29, 0.717) is 16.1 Å². The molecule has 1 atom stereocenters. The van der Waals surface area contributed by atoms with Gasteiger partial charge in [-0.25, -0.2) is 4.79 Å². The Hall–Kier alpha value is -3.49. The van der Waals surface area contributed by atoms with Gasteiger partial charge in [-0.3, -0.25) is 4.79 Å². The number of hydrazone groups is 1. The van der Waals surface area contributed by atoms with E-state index in [-0.39, 0.29) is 11.5 Å². The summed E-state index contributed by atoms with van der Waals surface area (Å²) in [5.74, 6) is -0.768. The first kappa shape index (κ1) is 18.3. The lowest BCUT2D eigenvalue weighted by Gasteiger charge is -2.21. The summed E-state index contributed by atoms with van der Waals surface area (Å²) >= 11 is 0. The van der Waals surface area contributed by atoms with Gasteiger partial charge in [-0.05, 0) is 36.8 Å². The van der Waals surface area contributed by atoms with Crippen LogP contribution in [0.25, 0.3) is 0 Å². The number of hydrogen-bond donors (Lipinski definition) is 2. The number of phenols is 1. The maximum Gasteiger partial charge on any atom is 0.387 e. The number of amides is 3. The fourth-order valence-corrected chi connectivity index (χ4v) is 2.61. The zero-order valence-electron chi connectivity index (χ0n) is 14.1. The lowest BCUT2D eigenvalue weighted by molar-refractivity contribution is -0.131. The SMILES string of the molecule is C[C@]1(c2ccc(OC(F)F)cc2)NC(=O)N(/N=C/c2ccccc2O)C1=O. The molecule has 1 fully saturated rings. The maximum absolute atomic E-state index is 12.7. The van der Waals surface area contributed by atoms with E-state index in [1.54, 1.807) is 18.2 Å². The summed E-state index contributed by atoms with van der Waals surface area (Å²) in [5.41, 5.74) is -0.709. The first-order chi connectivity index (χ1) is 12.8. The second-order valence-corrected chi connectivity index (χ2v) is 5.88. The number of ether oxygens (including phenoxy) is 1. The van der Waals surface area contributed by atoms with Crippen LogP contribution >= 0.6 is 0 Å². The van der Waals surface area contributed by atoms with Crippen molar-refractivity contribution in [2.45, 2.75) is 19.1 Å². The van der Waals surface area contributed by atoms with E-state index in [9.17, 15) is 23.5 Å². The summed E-state index contributed by atoms with van der Waals surface area (Å²) in [6.45, 7) is -1.48. The highest BCUT2D eigenvalue weighted by atomic mass is 19.3. The number of nitrogens with zero attached hydrogens (tertiary/aromatic N) is 2. The number of nitrogens with one attached hydrogen (secondary N) is 1. The summed E-state index contributed by atoms with van der Waals surface area (Å²) in [6, 6.07) is 10.9. The molecule has 0 unspecified atom stereocenters. The van der Waals surface area contributed by atoms with Crippen LogP contribution in [0, 0.1) is 0 Å². The molecule has 0 radical (unpaired) electrons. The maximum atomic E-state index is 12.7. The number of para-hydroxylation sites is 1. The van der Waals surface area contributed by atoms with Crippen molar-refractivity contribution >= 4 is 18.2 Å². The Morgan fingerprint density at radius 1 is 1.19 bits per heavy atom. The number of urea groups is 1. The third kappa shape index (κ3) is 3.57. The first-order valence-corrected chi connectivity index (χ1v) is 7.85. The fraction of sp³-hybridized carbons (Fsp3) is 0.167. The van der Waals surface area contributed by atoms with Crippen LogP contribution in [0.1, 0.15) is 18.1 Å². The summed E-state index contributed by atoms with van der Waals surface area (Å²) in [5, 5.41) is 16.8. The number of benzene rings is 2. The molecular formula is C18H15F2N3O4. The Kier molecular flexibility index (Phi) is 4.76. The number of rotatable bonds is 5.